The number of aromatic nitrogens is 1. The summed E-state index contributed by atoms with van der Waals surface area (Å²) in [6.45, 7) is 6.36. The first kappa shape index (κ1) is 35.4. The van der Waals surface area contributed by atoms with Crippen molar-refractivity contribution < 1.29 is 29.0 Å². The van der Waals surface area contributed by atoms with E-state index in [1.54, 1.807) is 0 Å². The minimum absolute atomic E-state index is 0.0322. The Morgan fingerprint density at radius 2 is 1.59 bits per heavy atom. The molecule has 51 heavy (non-hydrogen) atoms. The van der Waals surface area contributed by atoms with Crippen LogP contribution in [-0.2, 0) is 16.0 Å². The Morgan fingerprint density at radius 3 is 2.31 bits per heavy atom. The molecule has 0 spiro atoms. The lowest BCUT2D eigenvalue weighted by atomic mass is 9.81. The monoisotopic (exact) mass is 687 g/mol. The van der Waals surface area contributed by atoms with Crippen molar-refractivity contribution in [2.75, 3.05) is 13.2 Å². The minimum atomic E-state index is -0.992. The molecule has 1 fully saturated rings. The number of nitrogens with zero attached hydrogens (tertiary/aromatic N) is 1. The summed E-state index contributed by atoms with van der Waals surface area (Å²) < 4.78 is 11.6. The first-order valence-corrected chi connectivity index (χ1v) is 17.6. The van der Waals surface area contributed by atoms with Gasteiger partial charge in [0.2, 0.25) is 5.91 Å². The Balaban J connectivity index is 1.10. The second-order valence-corrected chi connectivity index (χ2v) is 14.4. The van der Waals surface area contributed by atoms with Gasteiger partial charge < -0.3 is 25.2 Å². The Bertz CT molecular complexity index is 2010. The standard InChI is InChI=1S/C42H45N3O6/c1-42(2,3)51-41(49)44-25-27-8-12-31(13-9-27)39(46)45-34(23-28-10-11-29-6-4-5-7-32(29)22-28)26-50-35-17-14-30(15-18-35)33-16-19-38-37(24-33)36(40(47)48)20-21-43-38/h4-7,10-11,14-22,24,27,31,34H,8-9,12-13,23,25-26H2,1-3H3,(H,44,49)(H,45,46)(H,47,48)/t27?,31?,34-/m0/s1. The molecule has 264 valence electrons. The topological polar surface area (TPSA) is 127 Å². The van der Waals surface area contributed by atoms with Gasteiger partial charge in [-0.05, 0) is 117 Å². The smallest absolute Gasteiger partial charge is 0.407 e. The largest absolute Gasteiger partial charge is 0.491 e. The van der Waals surface area contributed by atoms with Gasteiger partial charge in [0.25, 0.3) is 0 Å². The molecule has 0 saturated heterocycles. The number of hydrogen-bond donors (Lipinski definition) is 3. The fourth-order valence-corrected chi connectivity index (χ4v) is 6.74. The summed E-state index contributed by atoms with van der Waals surface area (Å²) >= 11 is 0. The maximum Gasteiger partial charge on any atom is 0.407 e. The minimum Gasteiger partial charge on any atom is -0.491 e. The molecule has 0 bridgehead atoms. The van der Waals surface area contributed by atoms with E-state index in [0.717, 1.165) is 53.1 Å². The molecule has 9 nitrogen and oxygen atoms in total. The molecule has 1 aliphatic carbocycles. The lowest BCUT2D eigenvalue weighted by Crippen LogP contribution is -2.44. The van der Waals surface area contributed by atoms with Gasteiger partial charge in [-0.25, -0.2) is 9.59 Å². The molecule has 1 aromatic heterocycles. The molecule has 0 radical (unpaired) electrons. The highest BCUT2D eigenvalue weighted by atomic mass is 16.6. The first-order chi connectivity index (χ1) is 24.5. The van der Waals surface area contributed by atoms with E-state index in [9.17, 15) is 19.5 Å². The van der Waals surface area contributed by atoms with Crippen LogP contribution in [0, 0.1) is 11.8 Å². The molecular weight excluding hydrogens is 642 g/mol. The lowest BCUT2D eigenvalue weighted by molar-refractivity contribution is -0.127. The number of aromatic carboxylic acids is 1. The molecule has 1 saturated carbocycles. The zero-order chi connectivity index (χ0) is 36.0. The maximum absolute atomic E-state index is 13.6. The molecule has 0 aliphatic heterocycles. The molecule has 9 heteroatoms. The number of hydrogen-bond acceptors (Lipinski definition) is 6. The zero-order valence-corrected chi connectivity index (χ0v) is 29.4. The Morgan fingerprint density at radius 1 is 0.863 bits per heavy atom. The van der Waals surface area contributed by atoms with Crippen LogP contribution in [0.25, 0.3) is 32.8 Å². The number of carbonyl (C=O) groups is 3. The quantitative estimate of drug-likeness (QED) is 0.128. The second kappa shape index (κ2) is 15.6. The van der Waals surface area contributed by atoms with Gasteiger partial charge in [-0.2, -0.15) is 0 Å². The van der Waals surface area contributed by atoms with Crippen LogP contribution in [0.15, 0.2) is 97.2 Å². The van der Waals surface area contributed by atoms with E-state index in [0.29, 0.717) is 35.5 Å². The molecule has 1 heterocycles. The summed E-state index contributed by atoms with van der Waals surface area (Å²) in [6.07, 6.45) is 4.95. The fourth-order valence-electron chi connectivity index (χ4n) is 6.74. The molecule has 6 rings (SSSR count). The van der Waals surface area contributed by atoms with Crippen LogP contribution in [0.2, 0.25) is 0 Å². The number of carboxylic acids is 1. The normalized spacial score (nSPS) is 16.7. The fraction of sp³-hybridized carbons (Fsp3) is 0.333. The summed E-state index contributed by atoms with van der Waals surface area (Å²) in [5.41, 5.74) is 3.21. The number of nitrogens with one attached hydrogen (secondary N) is 2. The lowest BCUT2D eigenvalue weighted by Gasteiger charge is -2.30. The van der Waals surface area contributed by atoms with E-state index in [-0.39, 0.29) is 30.0 Å². The van der Waals surface area contributed by atoms with Crippen LogP contribution in [0.4, 0.5) is 4.79 Å². The van der Waals surface area contributed by atoms with Gasteiger partial charge in [0.15, 0.2) is 0 Å². The average Bonchev–Trinajstić information content (AvgIpc) is 3.12. The second-order valence-electron chi connectivity index (χ2n) is 14.4. The third-order valence-corrected chi connectivity index (χ3v) is 9.40. The van der Waals surface area contributed by atoms with Crippen LogP contribution >= 0.6 is 0 Å². The van der Waals surface area contributed by atoms with Crippen LogP contribution in [0.3, 0.4) is 0 Å². The molecule has 1 aliphatic rings. The highest BCUT2D eigenvalue weighted by Gasteiger charge is 2.28. The Hall–Kier alpha value is -5.44. The number of alkyl carbamates (subject to hydrolysis) is 1. The van der Waals surface area contributed by atoms with Crippen molar-refractivity contribution in [2.24, 2.45) is 11.8 Å². The zero-order valence-electron chi connectivity index (χ0n) is 29.4. The van der Waals surface area contributed by atoms with E-state index in [1.165, 1.54) is 12.3 Å². The van der Waals surface area contributed by atoms with Crippen molar-refractivity contribution in [3.8, 4) is 16.9 Å². The van der Waals surface area contributed by atoms with E-state index < -0.39 is 17.7 Å². The van der Waals surface area contributed by atoms with Crippen LogP contribution in [0.5, 0.6) is 5.75 Å². The summed E-state index contributed by atoms with van der Waals surface area (Å²) in [5.74, 6) is -0.0753. The van der Waals surface area contributed by atoms with Crippen molar-refractivity contribution in [1.82, 2.24) is 15.6 Å². The van der Waals surface area contributed by atoms with E-state index in [4.69, 9.17) is 9.47 Å². The maximum atomic E-state index is 13.6. The SMILES string of the molecule is CC(C)(C)OC(=O)NCC1CCC(C(=O)N[C@H](COc2ccc(-c3ccc4nccc(C(=O)O)c4c3)cc2)Cc2ccc3ccccc3c2)CC1. The van der Waals surface area contributed by atoms with E-state index in [2.05, 4.69) is 45.9 Å². The van der Waals surface area contributed by atoms with Gasteiger partial charge in [0.05, 0.1) is 17.1 Å². The number of fused-ring (bicyclic) bond motifs is 2. The van der Waals surface area contributed by atoms with E-state index >= 15 is 0 Å². The van der Waals surface area contributed by atoms with Crippen molar-refractivity contribution >= 4 is 39.6 Å². The van der Waals surface area contributed by atoms with Crippen LogP contribution in [0.1, 0.15) is 62.4 Å². The number of rotatable bonds is 11. The average molecular weight is 688 g/mol. The summed E-state index contributed by atoms with van der Waals surface area (Å²) in [4.78, 5) is 41.8. The van der Waals surface area contributed by atoms with Gasteiger partial charge in [-0.1, -0.05) is 60.7 Å². The van der Waals surface area contributed by atoms with Crippen molar-refractivity contribution in [1.29, 1.82) is 0 Å². The molecule has 4 aromatic carbocycles. The number of benzene rings is 4. The number of pyridine rings is 1. The van der Waals surface area contributed by atoms with Gasteiger partial charge in [0.1, 0.15) is 18.0 Å². The summed E-state index contributed by atoms with van der Waals surface area (Å²) in [6, 6.07) is 29.1. The van der Waals surface area contributed by atoms with Crippen LogP contribution in [-0.4, -0.2) is 52.9 Å². The van der Waals surface area contributed by atoms with Gasteiger partial charge in [-0.15, -0.1) is 0 Å². The third kappa shape index (κ3) is 9.42. The number of carboxylic acid groups (broad SMARTS) is 1. The highest BCUT2D eigenvalue weighted by Crippen LogP contribution is 2.30. The van der Waals surface area contributed by atoms with Crippen molar-refractivity contribution in [3.05, 3.63) is 108 Å². The third-order valence-electron chi connectivity index (χ3n) is 9.40. The van der Waals surface area contributed by atoms with Crippen molar-refractivity contribution in [3.63, 3.8) is 0 Å². The molecule has 5 aromatic rings. The molecular formula is C42H45N3O6. The number of carbonyl (C=O) groups excluding carboxylic acids is 2. The van der Waals surface area contributed by atoms with Crippen LogP contribution < -0.4 is 15.4 Å². The molecule has 1 atom stereocenters. The van der Waals surface area contributed by atoms with Gasteiger partial charge in [0, 0.05) is 24.0 Å². The molecule has 2 amide bonds. The Labute approximate surface area is 298 Å². The molecule has 3 N–H and O–H groups in total. The number of amides is 2. The summed E-state index contributed by atoms with van der Waals surface area (Å²) in [7, 11) is 0. The van der Waals surface area contributed by atoms with Gasteiger partial charge in [-0.3, -0.25) is 9.78 Å². The predicted molar refractivity (Wildman–Crippen MR) is 199 cm³/mol. The van der Waals surface area contributed by atoms with E-state index in [1.807, 2.05) is 75.4 Å². The Kier molecular flexibility index (Phi) is 10.8. The molecule has 0 unspecified atom stereocenters. The number of ether oxygens (including phenoxy) is 2. The predicted octanol–water partition coefficient (Wildman–Crippen LogP) is 8.19. The van der Waals surface area contributed by atoms with Gasteiger partial charge >= 0.3 is 12.1 Å². The summed E-state index contributed by atoms with van der Waals surface area (Å²) in [5, 5.41) is 18.7. The highest BCUT2D eigenvalue weighted by molar-refractivity contribution is 6.03. The van der Waals surface area contributed by atoms with Crippen molar-refractivity contribution in [2.45, 2.75) is 64.5 Å². The first-order valence-electron chi connectivity index (χ1n) is 17.6.